The maximum atomic E-state index is 12.8. The van der Waals surface area contributed by atoms with Crippen LogP contribution in [0.15, 0.2) is 36.7 Å². The van der Waals surface area contributed by atoms with E-state index in [1.54, 1.807) is 0 Å². The Morgan fingerprint density at radius 2 is 2.20 bits per heavy atom. The van der Waals surface area contributed by atoms with Gasteiger partial charge in [-0.2, -0.15) is 0 Å². The number of nitrogens with zero attached hydrogens (tertiary/aromatic N) is 6. The fourth-order valence-electron chi connectivity index (χ4n) is 2.71. The number of aromatic nitrogens is 6. The van der Waals surface area contributed by atoms with Gasteiger partial charge in [-0.15, -0.1) is 15.3 Å². The standard InChI is InChI=1S/C15H15N7O2S/c23-13(17-15-19-18-14(25-15)11-7-4-8-24-11)12(22-9-16-20-21-22)10-5-2-1-3-6-10/h1-3,5-6,9,11-12H,4,7-8H2,(H,17,19,23)/t11?,12-/m1/s1. The van der Waals surface area contributed by atoms with Gasteiger partial charge in [-0.1, -0.05) is 41.7 Å². The van der Waals surface area contributed by atoms with Crippen LogP contribution in [0.5, 0.6) is 0 Å². The van der Waals surface area contributed by atoms with Crippen LogP contribution in [0.1, 0.15) is 35.6 Å². The zero-order valence-electron chi connectivity index (χ0n) is 13.1. The summed E-state index contributed by atoms with van der Waals surface area (Å²) in [5, 5.41) is 23.3. The highest BCUT2D eigenvalue weighted by atomic mass is 32.1. The molecule has 1 saturated heterocycles. The summed E-state index contributed by atoms with van der Waals surface area (Å²) in [6.07, 6.45) is 3.34. The molecular formula is C15H15N7O2S. The molecule has 9 nitrogen and oxygen atoms in total. The van der Waals surface area contributed by atoms with Crippen LogP contribution in [0.3, 0.4) is 0 Å². The Labute approximate surface area is 147 Å². The summed E-state index contributed by atoms with van der Waals surface area (Å²) in [4.78, 5) is 12.8. The molecule has 1 amide bonds. The molecule has 1 aromatic carbocycles. The van der Waals surface area contributed by atoms with Gasteiger partial charge in [-0.3, -0.25) is 10.1 Å². The Balaban J connectivity index is 1.55. The van der Waals surface area contributed by atoms with Gasteiger partial charge >= 0.3 is 0 Å². The number of amides is 1. The third kappa shape index (κ3) is 3.39. The van der Waals surface area contributed by atoms with E-state index in [-0.39, 0.29) is 12.0 Å². The van der Waals surface area contributed by atoms with Crippen LogP contribution in [-0.4, -0.2) is 42.9 Å². The maximum Gasteiger partial charge on any atom is 0.255 e. The van der Waals surface area contributed by atoms with Crippen LogP contribution >= 0.6 is 11.3 Å². The average molecular weight is 357 g/mol. The number of hydrogen-bond acceptors (Lipinski definition) is 8. The second-order valence-electron chi connectivity index (χ2n) is 5.54. The van der Waals surface area contributed by atoms with Crippen LogP contribution < -0.4 is 5.32 Å². The Morgan fingerprint density at radius 1 is 1.32 bits per heavy atom. The smallest absolute Gasteiger partial charge is 0.255 e. The number of carbonyl (C=O) groups excluding carboxylic acids is 1. The summed E-state index contributed by atoms with van der Waals surface area (Å²) < 4.78 is 7.01. The van der Waals surface area contributed by atoms with E-state index in [9.17, 15) is 4.79 Å². The van der Waals surface area contributed by atoms with E-state index in [0.717, 1.165) is 30.0 Å². The van der Waals surface area contributed by atoms with Crippen molar-refractivity contribution < 1.29 is 9.53 Å². The van der Waals surface area contributed by atoms with E-state index in [0.29, 0.717) is 5.13 Å². The Bertz CT molecular complexity index is 831. The quantitative estimate of drug-likeness (QED) is 0.739. The van der Waals surface area contributed by atoms with E-state index in [1.165, 1.54) is 22.3 Å². The van der Waals surface area contributed by atoms with Crippen molar-refractivity contribution in [3.8, 4) is 0 Å². The van der Waals surface area contributed by atoms with Gasteiger partial charge in [-0.25, -0.2) is 4.68 Å². The first-order valence-corrected chi connectivity index (χ1v) is 8.66. The van der Waals surface area contributed by atoms with Crippen LogP contribution in [-0.2, 0) is 9.53 Å². The van der Waals surface area contributed by atoms with E-state index >= 15 is 0 Å². The lowest BCUT2D eigenvalue weighted by atomic mass is 10.1. The first-order valence-electron chi connectivity index (χ1n) is 7.84. The minimum Gasteiger partial charge on any atom is -0.371 e. The molecular weight excluding hydrogens is 342 g/mol. The van der Waals surface area contributed by atoms with Gasteiger partial charge in [0.1, 0.15) is 17.4 Å². The lowest BCUT2D eigenvalue weighted by molar-refractivity contribution is -0.118. The number of hydrogen-bond donors (Lipinski definition) is 1. The molecule has 2 aromatic heterocycles. The maximum absolute atomic E-state index is 12.8. The van der Waals surface area contributed by atoms with Gasteiger partial charge < -0.3 is 4.74 Å². The number of tetrazole rings is 1. The molecule has 1 unspecified atom stereocenters. The second-order valence-corrected chi connectivity index (χ2v) is 6.55. The molecule has 128 valence electrons. The molecule has 3 heterocycles. The van der Waals surface area contributed by atoms with Crippen molar-refractivity contribution in [2.75, 3.05) is 11.9 Å². The van der Waals surface area contributed by atoms with Gasteiger partial charge in [0.2, 0.25) is 5.13 Å². The molecule has 3 aromatic rings. The summed E-state index contributed by atoms with van der Waals surface area (Å²) in [5.74, 6) is -0.284. The number of rotatable bonds is 5. The summed E-state index contributed by atoms with van der Waals surface area (Å²) in [6, 6.07) is 8.62. The monoisotopic (exact) mass is 357 g/mol. The number of benzene rings is 1. The van der Waals surface area contributed by atoms with Crippen LogP contribution in [0, 0.1) is 0 Å². The molecule has 0 radical (unpaired) electrons. The zero-order valence-corrected chi connectivity index (χ0v) is 14.0. The molecule has 0 saturated carbocycles. The topological polar surface area (TPSA) is 108 Å². The first-order chi connectivity index (χ1) is 12.3. The Kier molecular flexibility index (Phi) is 4.44. The molecule has 1 aliphatic rings. The van der Waals surface area contributed by atoms with Gasteiger partial charge in [-0.05, 0) is 28.8 Å². The zero-order chi connectivity index (χ0) is 17.1. The number of nitrogens with one attached hydrogen (secondary N) is 1. The number of anilines is 1. The number of ether oxygens (including phenoxy) is 1. The Hall–Kier alpha value is -2.72. The van der Waals surface area contributed by atoms with Crippen molar-refractivity contribution in [2.24, 2.45) is 0 Å². The van der Waals surface area contributed by atoms with E-state index in [1.807, 2.05) is 30.3 Å². The highest BCUT2D eigenvalue weighted by Gasteiger charge is 2.26. The van der Waals surface area contributed by atoms with Gasteiger partial charge in [0, 0.05) is 6.61 Å². The van der Waals surface area contributed by atoms with Gasteiger partial charge in [0.15, 0.2) is 6.04 Å². The first kappa shape index (κ1) is 15.8. The summed E-state index contributed by atoms with van der Waals surface area (Å²) in [5.41, 5.74) is 0.774. The number of carbonyl (C=O) groups is 1. The third-order valence-electron chi connectivity index (χ3n) is 3.87. The Morgan fingerprint density at radius 3 is 2.92 bits per heavy atom. The van der Waals surface area contributed by atoms with Crippen molar-refractivity contribution in [1.82, 2.24) is 30.4 Å². The molecule has 0 aliphatic carbocycles. The van der Waals surface area contributed by atoms with Gasteiger partial charge in [0.05, 0.1) is 0 Å². The van der Waals surface area contributed by atoms with Crippen molar-refractivity contribution in [2.45, 2.75) is 25.0 Å². The molecule has 0 spiro atoms. The van der Waals surface area contributed by atoms with Crippen molar-refractivity contribution >= 4 is 22.4 Å². The molecule has 1 fully saturated rings. The molecule has 25 heavy (non-hydrogen) atoms. The fraction of sp³-hybridized carbons (Fsp3) is 0.333. The van der Waals surface area contributed by atoms with Crippen LogP contribution in [0.25, 0.3) is 0 Å². The molecule has 1 aliphatic heterocycles. The van der Waals surface area contributed by atoms with Crippen molar-refractivity contribution in [3.63, 3.8) is 0 Å². The molecule has 10 heteroatoms. The average Bonchev–Trinajstić information content (AvgIpc) is 3.38. The molecule has 4 rings (SSSR count). The predicted octanol–water partition coefficient (Wildman–Crippen LogP) is 1.60. The summed E-state index contributed by atoms with van der Waals surface area (Å²) >= 11 is 1.33. The minimum absolute atomic E-state index is 0.0208. The summed E-state index contributed by atoms with van der Waals surface area (Å²) in [7, 11) is 0. The third-order valence-corrected chi connectivity index (χ3v) is 4.80. The predicted molar refractivity (Wildman–Crippen MR) is 88.9 cm³/mol. The normalized spacial score (nSPS) is 18.2. The summed E-state index contributed by atoms with van der Waals surface area (Å²) in [6.45, 7) is 0.737. The highest BCUT2D eigenvalue weighted by molar-refractivity contribution is 7.15. The van der Waals surface area contributed by atoms with E-state index < -0.39 is 6.04 Å². The van der Waals surface area contributed by atoms with Crippen molar-refractivity contribution in [3.05, 3.63) is 47.2 Å². The molecule has 2 atom stereocenters. The van der Waals surface area contributed by atoms with E-state index in [2.05, 4.69) is 31.0 Å². The SMILES string of the molecule is O=C(Nc1nnc(C2CCCO2)s1)[C@@H](c1ccccc1)n1cnnn1. The second kappa shape index (κ2) is 7.03. The van der Waals surface area contributed by atoms with Crippen molar-refractivity contribution in [1.29, 1.82) is 0 Å². The lowest BCUT2D eigenvalue weighted by Gasteiger charge is -2.15. The van der Waals surface area contributed by atoms with E-state index in [4.69, 9.17) is 4.74 Å². The van der Waals surface area contributed by atoms with Crippen LogP contribution in [0.4, 0.5) is 5.13 Å². The van der Waals surface area contributed by atoms with Gasteiger partial charge in [0.25, 0.3) is 5.91 Å². The fourth-order valence-corrected chi connectivity index (χ4v) is 3.54. The molecule has 1 N–H and O–H groups in total. The largest absolute Gasteiger partial charge is 0.371 e. The highest BCUT2D eigenvalue weighted by Crippen LogP contribution is 2.32. The minimum atomic E-state index is -0.689. The van der Waals surface area contributed by atoms with Crippen LogP contribution in [0.2, 0.25) is 0 Å². The molecule has 0 bridgehead atoms. The lowest BCUT2D eigenvalue weighted by Crippen LogP contribution is -2.27.